The summed E-state index contributed by atoms with van der Waals surface area (Å²) in [6, 6.07) is 13.6. The van der Waals surface area contributed by atoms with Crippen molar-refractivity contribution in [3.63, 3.8) is 0 Å². The Hall–Kier alpha value is -2.33. The van der Waals surface area contributed by atoms with Crippen LogP contribution in [0, 0.1) is 13.8 Å². The van der Waals surface area contributed by atoms with E-state index in [0.29, 0.717) is 13.0 Å². The monoisotopic (exact) mass is 324 g/mol. The van der Waals surface area contributed by atoms with Crippen LogP contribution in [0.25, 0.3) is 0 Å². The lowest BCUT2D eigenvalue weighted by molar-refractivity contribution is 0.142. The first kappa shape index (κ1) is 16.5. The molecule has 4 heteroatoms. The van der Waals surface area contributed by atoms with E-state index < -0.39 is 6.10 Å². The zero-order valence-corrected chi connectivity index (χ0v) is 14.2. The fourth-order valence-corrected chi connectivity index (χ4v) is 3.38. The van der Waals surface area contributed by atoms with Gasteiger partial charge in [-0.1, -0.05) is 48.0 Å². The first-order chi connectivity index (χ1) is 11.5. The van der Waals surface area contributed by atoms with Gasteiger partial charge in [0.1, 0.15) is 0 Å². The normalized spacial score (nSPS) is 19.0. The number of aryl methyl sites for hydroxylation is 2. The molecule has 126 valence electrons. The van der Waals surface area contributed by atoms with Gasteiger partial charge in [0.25, 0.3) is 0 Å². The Bertz CT molecular complexity index is 742. The van der Waals surface area contributed by atoms with Gasteiger partial charge in [0.15, 0.2) is 0 Å². The minimum atomic E-state index is -0.563. The third-order valence-corrected chi connectivity index (χ3v) is 4.67. The van der Waals surface area contributed by atoms with Crippen molar-refractivity contribution < 1.29 is 9.90 Å². The Balaban J connectivity index is 1.53. The fraction of sp³-hybridized carbons (Fsp3) is 0.350. The van der Waals surface area contributed by atoms with E-state index in [2.05, 4.69) is 42.7 Å². The number of hydrogen-bond donors (Lipinski definition) is 3. The summed E-state index contributed by atoms with van der Waals surface area (Å²) in [5.74, 6) is 0. The Morgan fingerprint density at radius 1 is 1.21 bits per heavy atom. The van der Waals surface area contributed by atoms with Crippen molar-refractivity contribution in [3.8, 4) is 0 Å². The van der Waals surface area contributed by atoms with Gasteiger partial charge >= 0.3 is 6.03 Å². The summed E-state index contributed by atoms with van der Waals surface area (Å²) in [5, 5.41) is 16.0. The van der Waals surface area contributed by atoms with E-state index in [0.717, 1.165) is 17.5 Å². The number of carbonyl (C=O) groups is 1. The number of rotatable bonds is 4. The lowest BCUT2D eigenvalue weighted by Crippen LogP contribution is -2.41. The van der Waals surface area contributed by atoms with Gasteiger partial charge in [-0.3, -0.25) is 0 Å². The molecule has 0 saturated carbocycles. The minimum absolute atomic E-state index is 0.236. The highest BCUT2D eigenvalue weighted by Gasteiger charge is 2.31. The Morgan fingerprint density at radius 3 is 2.79 bits per heavy atom. The summed E-state index contributed by atoms with van der Waals surface area (Å²) in [6.07, 6.45) is 0.819. The standard InChI is InChI=1S/C20H24N2O2/c1-13-7-8-15(14(2)11-13)9-10-21-20(24)22-19-17-6-4-3-5-16(17)12-18(19)23/h3-8,11,18-19,23H,9-10,12H2,1-2H3,(H2,21,22,24)/t18-,19+/m1/s1. The number of hydrogen-bond acceptors (Lipinski definition) is 2. The third kappa shape index (κ3) is 3.60. The zero-order valence-electron chi connectivity index (χ0n) is 14.2. The topological polar surface area (TPSA) is 61.4 Å². The van der Waals surface area contributed by atoms with Crippen LogP contribution in [0.15, 0.2) is 42.5 Å². The van der Waals surface area contributed by atoms with Gasteiger partial charge in [-0.2, -0.15) is 0 Å². The molecule has 0 saturated heterocycles. The molecule has 0 aromatic heterocycles. The summed E-state index contributed by atoms with van der Waals surface area (Å²) in [5.41, 5.74) is 5.85. The van der Waals surface area contributed by atoms with Crippen LogP contribution in [-0.2, 0) is 12.8 Å². The third-order valence-electron chi connectivity index (χ3n) is 4.67. The van der Waals surface area contributed by atoms with E-state index in [1.807, 2.05) is 24.3 Å². The molecular formula is C20H24N2O2. The molecular weight excluding hydrogens is 300 g/mol. The maximum atomic E-state index is 12.2. The lowest BCUT2D eigenvalue weighted by Gasteiger charge is -2.18. The first-order valence-electron chi connectivity index (χ1n) is 8.41. The van der Waals surface area contributed by atoms with Gasteiger partial charge in [0.2, 0.25) is 0 Å². The number of aliphatic hydroxyl groups excluding tert-OH is 1. The number of aliphatic hydroxyl groups is 1. The Morgan fingerprint density at radius 2 is 2.00 bits per heavy atom. The molecule has 0 heterocycles. The van der Waals surface area contributed by atoms with Gasteiger partial charge in [0.05, 0.1) is 12.1 Å². The van der Waals surface area contributed by atoms with Gasteiger partial charge in [0, 0.05) is 13.0 Å². The van der Waals surface area contributed by atoms with Crippen LogP contribution in [-0.4, -0.2) is 23.8 Å². The Kier molecular flexibility index (Phi) is 4.86. The van der Waals surface area contributed by atoms with Crippen LogP contribution in [0.3, 0.4) is 0 Å². The molecule has 3 rings (SSSR count). The van der Waals surface area contributed by atoms with E-state index in [9.17, 15) is 9.90 Å². The zero-order chi connectivity index (χ0) is 17.1. The predicted octanol–water partition coefficient (Wildman–Crippen LogP) is 2.80. The van der Waals surface area contributed by atoms with Crippen molar-refractivity contribution >= 4 is 6.03 Å². The number of urea groups is 1. The van der Waals surface area contributed by atoms with Gasteiger partial charge in [-0.15, -0.1) is 0 Å². The average Bonchev–Trinajstić information content (AvgIpc) is 2.85. The average molecular weight is 324 g/mol. The molecule has 0 unspecified atom stereocenters. The molecule has 2 atom stereocenters. The molecule has 3 N–H and O–H groups in total. The summed E-state index contributed by atoms with van der Waals surface area (Å²) in [4.78, 5) is 12.2. The molecule has 1 aliphatic rings. The molecule has 0 aliphatic heterocycles. The van der Waals surface area contributed by atoms with Crippen LogP contribution in [0.5, 0.6) is 0 Å². The summed E-state index contributed by atoms with van der Waals surface area (Å²) < 4.78 is 0. The van der Waals surface area contributed by atoms with E-state index >= 15 is 0 Å². The first-order valence-corrected chi connectivity index (χ1v) is 8.41. The van der Waals surface area contributed by atoms with Crippen LogP contribution in [0.4, 0.5) is 4.79 Å². The second-order valence-corrected chi connectivity index (χ2v) is 6.53. The summed E-state index contributed by atoms with van der Waals surface area (Å²) in [6.45, 7) is 4.74. The van der Waals surface area contributed by atoms with Crippen molar-refractivity contribution in [1.82, 2.24) is 10.6 Å². The van der Waals surface area contributed by atoms with Crippen molar-refractivity contribution in [2.45, 2.75) is 38.8 Å². The molecule has 2 aromatic carbocycles. The fourth-order valence-electron chi connectivity index (χ4n) is 3.38. The van der Waals surface area contributed by atoms with Crippen molar-refractivity contribution in [2.24, 2.45) is 0 Å². The molecule has 24 heavy (non-hydrogen) atoms. The van der Waals surface area contributed by atoms with Crippen molar-refractivity contribution in [3.05, 3.63) is 70.3 Å². The maximum absolute atomic E-state index is 12.2. The van der Waals surface area contributed by atoms with Crippen LogP contribution >= 0.6 is 0 Å². The summed E-state index contributed by atoms with van der Waals surface area (Å²) >= 11 is 0. The molecule has 0 spiro atoms. The number of fused-ring (bicyclic) bond motifs is 1. The quantitative estimate of drug-likeness (QED) is 0.810. The van der Waals surface area contributed by atoms with Crippen LogP contribution in [0.2, 0.25) is 0 Å². The van der Waals surface area contributed by atoms with Crippen LogP contribution in [0.1, 0.15) is 33.9 Å². The highest BCUT2D eigenvalue weighted by atomic mass is 16.3. The van der Waals surface area contributed by atoms with Crippen molar-refractivity contribution in [1.29, 1.82) is 0 Å². The van der Waals surface area contributed by atoms with E-state index in [4.69, 9.17) is 0 Å². The molecule has 0 radical (unpaired) electrons. The van der Waals surface area contributed by atoms with E-state index in [-0.39, 0.29) is 12.1 Å². The maximum Gasteiger partial charge on any atom is 0.315 e. The molecule has 2 aromatic rings. The summed E-state index contributed by atoms with van der Waals surface area (Å²) in [7, 11) is 0. The minimum Gasteiger partial charge on any atom is -0.390 e. The van der Waals surface area contributed by atoms with Gasteiger partial charge in [-0.05, 0) is 42.5 Å². The smallest absolute Gasteiger partial charge is 0.315 e. The van der Waals surface area contributed by atoms with Gasteiger partial charge < -0.3 is 15.7 Å². The molecule has 0 fully saturated rings. The number of benzene rings is 2. The SMILES string of the molecule is Cc1ccc(CCNC(=O)N[C@H]2c3ccccc3C[C@H]2O)c(C)c1. The molecule has 2 amide bonds. The van der Waals surface area contributed by atoms with Crippen molar-refractivity contribution in [2.75, 3.05) is 6.54 Å². The molecule has 1 aliphatic carbocycles. The molecule has 0 bridgehead atoms. The van der Waals surface area contributed by atoms with Gasteiger partial charge in [-0.25, -0.2) is 4.79 Å². The van der Waals surface area contributed by atoms with Crippen LogP contribution < -0.4 is 10.6 Å². The number of carbonyl (C=O) groups excluding carboxylic acids is 1. The lowest BCUT2D eigenvalue weighted by atomic mass is 10.0. The van der Waals surface area contributed by atoms with E-state index in [1.165, 1.54) is 16.7 Å². The predicted molar refractivity (Wildman–Crippen MR) is 95.0 cm³/mol. The second-order valence-electron chi connectivity index (χ2n) is 6.53. The highest BCUT2D eigenvalue weighted by Crippen LogP contribution is 2.30. The second kappa shape index (κ2) is 7.05. The highest BCUT2D eigenvalue weighted by molar-refractivity contribution is 5.74. The number of amides is 2. The molecule has 4 nitrogen and oxygen atoms in total. The Labute approximate surface area is 142 Å². The van der Waals surface area contributed by atoms with E-state index in [1.54, 1.807) is 0 Å². The number of nitrogens with one attached hydrogen (secondary N) is 2. The largest absolute Gasteiger partial charge is 0.390 e.